The summed E-state index contributed by atoms with van der Waals surface area (Å²) >= 11 is 12.1. The molecule has 100 valence electrons. The lowest BCUT2D eigenvalue weighted by atomic mass is 10.1. The first-order valence-electron chi connectivity index (χ1n) is 5.70. The molecule has 0 fully saturated rings. The second kappa shape index (κ2) is 6.70. The van der Waals surface area contributed by atoms with Crippen molar-refractivity contribution in [3.63, 3.8) is 0 Å². The third-order valence-corrected chi connectivity index (χ3v) is 3.11. The van der Waals surface area contributed by atoms with Gasteiger partial charge in [0.15, 0.2) is 0 Å². The molecular weight excluding hydrogens is 285 g/mol. The molecule has 2 rings (SSSR count). The quantitative estimate of drug-likeness (QED) is 0.766. The molecule has 0 saturated carbocycles. The van der Waals surface area contributed by atoms with Crippen LogP contribution in [0.3, 0.4) is 0 Å². The third kappa shape index (κ3) is 3.80. The fourth-order valence-corrected chi connectivity index (χ4v) is 2.21. The lowest BCUT2D eigenvalue weighted by molar-refractivity contribution is 0.0579. The number of rotatable bonds is 6. The van der Waals surface area contributed by atoms with Gasteiger partial charge < -0.3 is 4.74 Å². The Labute approximate surface area is 121 Å². The van der Waals surface area contributed by atoms with E-state index in [0.29, 0.717) is 23.2 Å². The SMILES string of the molecule is C=CCOC(Cn1cncn1)c1ccc(Cl)cc1Cl. The van der Waals surface area contributed by atoms with Crippen LogP contribution in [0.5, 0.6) is 0 Å². The zero-order valence-corrected chi connectivity index (χ0v) is 11.7. The second-order valence-corrected chi connectivity index (χ2v) is 4.74. The summed E-state index contributed by atoms with van der Waals surface area (Å²) in [4.78, 5) is 3.91. The highest BCUT2D eigenvalue weighted by Gasteiger charge is 2.16. The molecule has 1 unspecified atom stereocenters. The van der Waals surface area contributed by atoms with Crippen molar-refractivity contribution in [3.05, 3.63) is 59.1 Å². The molecule has 0 aliphatic carbocycles. The zero-order chi connectivity index (χ0) is 13.7. The molecule has 1 heterocycles. The number of aromatic nitrogens is 3. The minimum absolute atomic E-state index is 0.232. The van der Waals surface area contributed by atoms with Crippen molar-refractivity contribution in [1.29, 1.82) is 0 Å². The normalized spacial score (nSPS) is 12.3. The van der Waals surface area contributed by atoms with Crippen molar-refractivity contribution < 1.29 is 4.74 Å². The van der Waals surface area contributed by atoms with Crippen LogP contribution in [0, 0.1) is 0 Å². The average molecular weight is 298 g/mol. The van der Waals surface area contributed by atoms with E-state index in [1.807, 2.05) is 6.07 Å². The van der Waals surface area contributed by atoms with E-state index in [0.717, 1.165) is 5.56 Å². The predicted molar refractivity (Wildman–Crippen MR) is 75.4 cm³/mol. The molecular formula is C13H13Cl2N3O. The Kier molecular flexibility index (Phi) is 4.96. The molecule has 19 heavy (non-hydrogen) atoms. The van der Waals surface area contributed by atoms with Crippen LogP contribution in [0.15, 0.2) is 43.5 Å². The van der Waals surface area contributed by atoms with E-state index in [1.54, 1.807) is 29.2 Å². The molecule has 1 aromatic heterocycles. The number of benzene rings is 1. The molecule has 1 aromatic carbocycles. The Morgan fingerprint density at radius 3 is 2.89 bits per heavy atom. The van der Waals surface area contributed by atoms with E-state index in [1.165, 1.54) is 6.33 Å². The van der Waals surface area contributed by atoms with Crippen molar-refractivity contribution in [2.24, 2.45) is 0 Å². The Balaban J connectivity index is 2.22. The minimum atomic E-state index is -0.232. The van der Waals surface area contributed by atoms with Gasteiger partial charge in [-0.2, -0.15) is 5.10 Å². The van der Waals surface area contributed by atoms with Gasteiger partial charge in [-0.15, -0.1) is 6.58 Å². The first-order valence-corrected chi connectivity index (χ1v) is 6.46. The smallest absolute Gasteiger partial charge is 0.137 e. The van der Waals surface area contributed by atoms with Gasteiger partial charge in [0.05, 0.1) is 13.2 Å². The van der Waals surface area contributed by atoms with E-state index < -0.39 is 0 Å². The lowest BCUT2D eigenvalue weighted by Gasteiger charge is -2.18. The lowest BCUT2D eigenvalue weighted by Crippen LogP contribution is -2.14. The summed E-state index contributed by atoms with van der Waals surface area (Å²) in [5.74, 6) is 0. The number of hydrogen-bond donors (Lipinski definition) is 0. The van der Waals surface area contributed by atoms with Crippen molar-refractivity contribution in [2.45, 2.75) is 12.6 Å². The largest absolute Gasteiger partial charge is 0.367 e. The summed E-state index contributed by atoms with van der Waals surface area (Å²) in [6.45, 7) is 4.60. The highest BCUT2D eigenvalue weighted by atomic mass is 35.5. The van der Waals surface area contributed by atoms with Gasteiger partial charge in [-0.25, -0.2) is 4.98 Å². The minimum Gasteiger partial charge on any atom is -0.367 e. The van der Waals surface area contributed by atoms with Crippen LogP contribution < -0.4 is 0 Å². The average Bonchev–Trinajstić information content (AvgIpc) is 2.88. The summed E-state index contributed by atoms with van der Waals surface area (Å²) in [5.41, 5.74) is 0.864. The van der Waals surface area contributed by atoms with E-state index in [-0.39, 0.29) is 6.10 Å². The second-order valence-electron chi connectivity index (χ2n) is 3.89. The van der Waals surface area contributed by atoms with Gasteiger partial charge in [-0.1, -0.05) is 35.3 Å². The summed E-state index contributed by atoms with van der Waals surface area (Å²) in [6.07, 6.45) is 4.57. The standard InChI is InChI=1S/C13H13Cl2N3O/c1-2-5-19-13(7-18-9-16-8-17-18)11-4-3-10(14)6-12(11)15/h2-4,6,8-9,13H,1,5,7H2. The van der Waals surface area contributed by atoms with Crippen LogP contribution in [0.4, 0.5) is 0 Å². The van der Waals surface area contributed by atoms with Crippen molar-refractivity contribution >= 4 is 23.2 Å². The molecule has 2 aromatic rings. The summed E-state index contributed by atoms with van der Waals surface area (Å²) in [6, 6.07) is 5.34. The van der Waals surface area contributed by atoms with Crippen LogP contribution in [-0.4, -0.2) is 21.4 Å². The predicted octanol–water partition coefficient (Wildman–Crippen LogP) is 3.53. The molecule has 0 aliphatic heterocycles. The first kappa shape index (κ1) is 14.1. The van der Waals surface area contributed by atoms with Gasteiger partial charge in [-0.05, 0) is 12.1 Å². The van der Waals surface area contributed by atoms with Gasteiger partial charge in [0.25, 0.3) is 0 Å². The summed E-state index contributed by atoms with van der Waals surface area (Å²) in [5, 5.41) is 5.23. The topological polar surface area (TPSA) is 39.9 Å². The van der Waals surface area contributed by atoms with Crippen molar-refractivity contribution in [3.8, 4) is 0 Å². The molecule has 0 spiro atoms. The number of nitrogens with zero attached hydrogens (tertiary/aromatic N) is 3. The van der Waals surface area contributed by atoms with E-state index in [9.17, 15) is 0 Å². The molecule has 4 nitrogen and oxygen atoms in total. The molecule has 0 saturated heterocycles. The highest BCUT2D eigenvalue weighted by Crippen LogP contribution is 2.29. The molecule has 0 aliphatic rings. The number of hydrogen-bond acceptors (Lipinski definition) is 3. The third-order valence-electron chi connectivity index (χ3n) is 2.54. The molecule has 0 amide bonds. The Morgan fingerprint density at radius 2 is 2.26 bits per heavy atom. The summed E-state index contributed by atoms with van der Waals surface area (Å²) < 4.78 is 7.43. The Bertz CT molecular complexity index is 543. The molecule has 0 bridgehead atoms. The number of ether oxygens (including phenoxy) is 1. The van der Waals surface area contributed by atoms with Crippen LogP contribution in [0.2, 0.25) is 10.0 Å². The molecule has 6 heteroatoms. The zero-order valence-electron chi connectivity index (χ0n) is 10.2. The Morgan fingerprint density at radius 1 is 1.42 bits per heavy atom. The van der Waals surface area contributed by atoms with Crippen molar-refractivity contribution in [2.75, 3.05) is 6.61 Å². The van der Waals surface area contributed by atoms with E-state index in [2.05, 4.69) is 16.7 Å². The van der Waals surface area contributed by atoms with Crippen molar-refractivity contribution in [1.82, 2.24) is 14.8 Å². The number of halogens is 2. The van der Waals surface area contributed by atoms with Crippen LogP contribution in [-0.2, 0) is 11.3 Å². The van der Waals surface area contributed by atoms with E-state index >= 15 is 0 Å². The Hall–Kier alpha value is -1.36. The monoisotopic (exact) mass is 297 g/mol. The van der Waals surface area contributed by atoms with Gasteiger partial charge in [0, 0.05) is 15.6 Å². The fourth-order valence-electron chi connectivity index (χ4n) is 1.68. The highest BCUT2D eigenvalue weighted by molar-refractivity contribution is 6.35. The fraction of sp³-hybridized carbons (Fsp3) is 0.231. The molecule has 0 radical (unpaired) electrons. The van der Waals surface area contributed by atoms with Crippen LogP contribution in [0.1, 0.15) is 11.7 Å². The maximum Gasteiger partial charge on any atom is 0.137 e. The molecule has 0 N–H and O–H groups in total. The van der Waals surface area contributed by atoms with Gasteiger partial charge in [-0.3, -0.25) is 4.68 Å². The van der Waals surface area contributed by atoms with Gasteiger partial charge in [0.1, 0.15) is 18.8 Å². The maximum absolute atomic E-state index is 6.21. The molecule has 1 atom stereocenters. The first-order chi connectivity index (χ1) is 9.20. The maximum atomic E-state index is 6.21. The summed E-state index contributed by atoms with van der Waals surface area (Å²) in [7, 11) is 0. The van der Waals surface area contributed by atoms with Gasteiger partial charge >= 0.3 is 0 Å². The van der Waals surface area contributed by atoms with Gasteiger partial charge in [0.2, 0.25) is 0 Å². The van der Waals surface area contributed by atoms with Crippen LogP contribution in [0.25, 0.3) is 0 Å². The van der Waals surface area contributed by atoms with Crippen LogP contribution >= 0.6 is 23.2 Å². The van der Waals surface area contributed by atoms with E-state index in [4.69, 9.17) is 27.9 Å².